The largest absolute Gasteiger partial charge is 0.497 e. The quantitative estimate of drug-likeness (QED) is 0.549. The fraction of sp³-hybridized carbons (Fsp3) is 0.0870. The molecule has 1 heterocycles. The van der Waals surface area contributed by atoms with E-state index in [2.05, 4.69) is 0 Å². The number of benzene rings is 3. The minimum absolute atomic E-state index is 0.113. The topological polar surface area (TPSA) is 38.8 Å². The minimum Gasteiger partial charge on any atom is -0.497 e. The van der Waals surface area contributed by atoms with Crippen molar-refractivity contribution < 1.29 is 14.3 Å². The zero-order valence-corrected chi connectivity index (χ0v) is 16.4. The number of nitrogens with zero attached hydrogens (tertiary/aromatic N) is 1. The SMILES string of the molecule is COc1ccc(C=CC(=O)N2c3ccccc3Sc3ccccc32)c(OC)c1. The van der Waals surface area contributed by atoms with Crippen molar-refractivity contribution in [2.75, 3.05) is 19.1 Å². The number of rotatable bonds is 4. The van der Waals surface area contributed by atoms with E-state index in [1.165, 1.54) is 0 Å². The van der Waals surface area contributed by atoms with Gasteiger partial charge in [-0.05, 0) is 42.5 Å². The Morgan fingerprint density at radius 3 is 2.14 bits per heavy atom. The Bertz CT molecular complexity index is 1020. The fourth-order valence-electron chi connectivity index (χ4n) is 3.13. The van der Waals surface area contributed by atoms with Gasteiger partial charge in [-0.25, -0.2) is 0 Å². The van der Waals surface area contributed by atoms with Crippen LogP contribution in [0.5, 0.6) is 11.5 Å². The van der Waals surface area contributed by atoms with E-state index < -0.39 is 0 Å². The van der Waals surface area contributed by atoms with Crippen LogP contribution in [0.2, 0.25) is 0 Å². The number of hydrogen-bond acceptors (Lipinski definition) is 4. The molecular formula is C23H19NO3S. The van der Waals surface area contributed by atoms with Crippen LogP contribution in [0.25, 0.3) is 6.08 Å². The van der Waals surface area contributed by atoms with Gasteiger partial charge in [-0.1, -0.05) is 36.0 Å². The van der Waals surface area contributed by atoms with E-state index in [0.717, 1.165) is 26.7 Å². The van der Waals surface area contributed by atoms with Crippen molar-refractivity contribution in [1.29, 1.82) is 0 Å². The predicted molar refractivity (Wildman–Crippen MR) is 113 cm³/mol. The van der Waals surface area contributed by atoms with Crippen molar-refractivity contribution >= 4 is 35.1 Å². The lowest BCUT2D eigenvalue weighted by molar-refractivity contribution is -0.113. The Kier molecular flexibility index (Phi) is 5.08. The van der Waals surface area contributed by atoms with Crippen LogP contribution in [0.3, 0.4) is 0 Å². The average Bonchev–Trinajstić information content (AvgIpc) is 2.75. The van der Waals surface area contributed by atoms with Crippen LogP contribution in [-0.4, -0.2) is 20.1 Å². The molecule has 0 saturated carbocycles. The zero-order chi connectivity index (χ0) is 19.5. The summed E-state index contributed by atoms with van der Waals surface area (Å²) in [6.07, 6.45) is 3.35. The summed E-state index contributed by atoms with van der Waals surface area (Å²) < 4.78 is 10.6. The van der Waals surface area contributed by atoms with Crippen molar-refractivity contribution in [2.45, 2.75) is 9.79 Å². The Morgan fingerprint density at radius 1 is 0.893 bits per heavy atom. The lowest BCUT2D eigenvalue weighted by atomic mass is 10.1. The molecule has 3 aromatic carbocycles. The van der Waals surface area contributed by atoms with Gasteiger partial charge in [-0.3, -0.25) is 9.69 Å². The smallest absolute Gasteiger partial charge is 0.255 e. The molecule has 4 nitrogen and oxygen atoms in total. The number of para-hydroxylation sites is 2. The highest BCUT2D eigenvalue weighted by molar-refractivity contribution is 7.99. The molecular weight excluding hydrogens is 370 g/mol. The predicted octanol–water partition coefficient (Wildman–Crippen LogP) is 5.55. The zero-order valence-electron chi connectivity index (χ0n) is 15.6. The maximum absolute atomic E-state index is 13.2. The summed E-state index contributed by atoms with van der Waals surface area (Å²) >= 11 is 1.68. The summed E-state index contributed by atoms with van der Waals surface area (Å²) in [4.78, 5) is 17.1. The van der Waals surface area contributed by atoms with Gasteiger partial charge in [0.15, 0.2) is 0 Å². The van der Waals surface area contributed by atoms with Crippen LogP contribution >= 0.6 is 11.8 Å². The van der Waals surface area contributed by atoms with Crippen LogP contribution in [0, 0.1) is 0 Å². The van der Waals surface area contributed by atoms with Crippen molar-refractivity contribution in [3.63, 3.8) is 0 Å². The van der Waals surface area contributed by atoms with Gasteiger partial charge < -0.3 is 9.47 Å². The van der Waals surface area contributed by atoms with Crippen molar-refractivity contribution in [1.82, 2.24) is 0 Å². The number of carbonyl (C=O) groups is 1. The van der Waals surface area contributed by atoms with Crippen LogP contribution in [0.15, 0.2) is 82.6 Å². The summed E-state index contributed by atoms with van der Waals surface area (Å²) in [7, 11) is 3.21. The lowest BCUT2D eigenvalue weighted by Gasteiger charge is -2.30. The standard InChI is InChI=1S/C23H19NO3S/c1-26-17-13-11-16(20(15-17)27-2)12-14-23(25)24-18-7-3-5-9-21(18)28-22-10-6-4-8-19(22)24/h3-15H,1-2H3. The highest BCUT2D eigenvalue weighted by Gasteiger charge is 2.26. The third kappa shape index (κ3) is 3.37. The second-order valence-corrected chi connectivity index (χ2v) is 7.24. The van der Waals surface area contributed by atoms with E-state index in [-0.39, 0.29) is 5.91 Å². The van der Waals surface area contributed by atoms with E-state index in [9.17, 15) is 4.79 Å². The molecule has 0 atom stereocenters. The first kappa shape index (κ1) is 18.2. The van der Waals surface area contributed by atoms with Crippen molar-refractivity contribution in [2.24, 2.45) is 0 Å². The first-order valence-corrected chi connectivity index (χ1v) is 9.63. The Labute approximate surface area is 168 Å². The number of anilines is 2. The van der Waals surface area contributed by atoms with E-state index in [1.54, 1.807) is 49.1 Å². The molecule has 0 bridgehead atoms. The van der Waals surface area contributed by atoms with E-state index >= 15 is 0 Å². The van der Waals surface area contributed by atoms with Gasteiger partial charge in [0.25, 0.3) is 5.91 Å². The summed E-state index contributed by atoms with van der Waals surface area (Å²) in [6.45, 7) is 0. The molecule has 0 spiro atoms. The third-order valence-electron chi connectivity index (χ3n) is 4.50. The second-order valence-electron chi connectivity index (χ2n) is 6.15. The highest BCUT2D eigenvalue weighted by Crippen LogP contribution is 2.47. The molecule has 0 aliphatic carbocycles. The minimum atomic E-state index is -0.113. The average molecular weight is 389 g/mol. The number of methoxy groups -OCH3 is 2. The number of carbonyl (C=O) groups excluding carboxylic acids is 1. The van der Waals surface area contributed by atoms with Crippen LogP contribution < -0.4 is 14.4 Å². The molecule has 1 aliphatic heterocycles. The molecule has 28 heavy (non-hydrogen) atoms. The molecule has 1 amide bonds. The third-order valence-corrected chi connectivity index (χ3v) is 5.63. The Morgan fingerprint density at radius 2 is 1.54 bits per heavy atom. The van der Waals surface area contributed by atoms with Gasteiger partial charge in [0, 0.05) is 27.5 Å². The fourth-order valence-corrected chi connectivity index (χ4v) is 4.19. The Balaban J connectivity index is 1.70. The summed E-state index contributed by atoms with van der Waals surface area (Å²) in [6, 6.07) is 21.4. The molecule has 0 N–H and O–H groups in total. The number of hydrogen-bond donors (Lipinski definition) is 0. The van der Waals surface area contributed by atoms with Crippen molar-refractivity contribution in [3.05, 3.63) is 78.4 Å². The monoisotopic (exact) mass is 389 g/mol. The molecule has 0 saturated heterocycles. The molecule has 140 valence electrons. The molecule has 0 fully saturated rings. The number of ether oxygens (including phenoxy) is 2. The van der Waals surface area contributed by atoms with Gasteiger partial charge in [0.2, 0.25) is 0 Å². The molecule has 0 unspecified atom stereocenters. The maximum Gasteiger partial charge on any atom is 0.255 e. The van der Waals surface area contributed by atoms with Crippen molar-refractivity contribution in [3.8, 4) is 11.5 Å². The molecule has 1 aliphatic rings. The lowest BCUT2D eigenvalue weighted by Crippen LogP contribution is -2.26. The number of fused-ring (bicyclic) bond motifs is 2. The van der Waals surface area contributed by atoms with Gasteiger partial charge in [-0.15, -0.1) is 0 Å². The van der Waals surface area contributed by atoms with Gasteiger partial charge in [0.05, 0.1) is 25.6 Å². The normalized spacial score (nSPS) is 12.4. The molecule has 5 heteroatoms. The van der Waals surface area contributed by atoms with Crippen LogP contribution in [0.4, 0.5) is 11.4 Å². The first-order valence-electron chi connectivity index (χ1n) is 8.81. The van der Waals surface area contributed by atoms with E-state index in [1.807, 2.05) is 60.7 Å². The van der Waals surface area contributed by atoms with Crippen LogP contribution in [0.1, 0.15) is 5.56 Å². The maximum atomic E-state index is 13.2. The highest BCUT2D eigenvalue weighted by atomic mass is 32.2. The summed E-state index contributed by atoms with van der Waals surface area (Å²) in [5.41, 5.74) is 2.59. The first-order chi connectivity index (χ1) is 13.7. The van der Waals surface area contributed by atoms with Gasteiger partial charge in [-0.2, -0.15) is 0 Å². The summed E-state index contributed by atoms with van der Waals surface area (Å²) in [5, 5.41) is 0. The molecule has 0 radical (unpaired) electrons. The van der Waals surface area contributed by atoms with Gasteiger partial charge in [0.1, 0.15) is 11.5 Å². The number of amides is 1. The van der Waals surface area contributed by atoms with E-state index in [0.29, 0.717) is 11.5 Å². The second kappa shape index (κ2) is 7.82. The van der Waals surface area contributed by atoms with E-state index in [4.69, 9.17) is 9.47 Å². The Hall–Kier alpha value is -3.18. The molecule has 4 rings (SSSR count). The molecule has 3 aromatic rings. The van der Waals surface area contributed by atoms with Crippen LogP contribution in [-0.2, 0) is 4.79 Å². The van der Waals surface area contributed by atoms with Gasteiger partial charge >= 0.3 is 0 Å². The summed E-state index contributed by atoms with van der Waals surface area (Å²) in [5.74, 6) is 1.24. The molecule has 0 aromatic heterocycles.